The molecule has 1 aliphatic rings. The number of aromatic carboxylic acids is 1. The monoisotopic (exact) mass is 479 g/mol. The SMILES string of the molecule is CCOC(=O)c1c(CCc2ccc(F)cc2)nc2c(c1-c1ccc(C(=O)O)o1)c(=O)n1n2CCC1. The van der Waals surface area contributed by atoms with Crippen molar-refractivity contribution in [1.29, 1.82) is 0 Å². The highest BCUT2D eigenvalue weighted by molar-refractivity contribution is 6.06. The van der Waals surface area contributed by atoms with Crippen LogP contribution in [0.5, 0.6) is 0 Å². The van der Waals surface area contributed by atoms with Crippen molar-refractivity contribution < 1.29 is 28.2 Å². The quantitative estimate of drug-likeness (QED) is 0.402. The Morgan fingerprint density at radius 3 is 2.54 bits per heavy atom. The van der Waals surface area contributed by atoms with Crippen LogP contribution in [0.2, 0.25) is 0 Å². The molecule has 0 atom stereocenters. The van der Waals surface area contributed by atoms with Crippen LogP contribution in [0.15, 0.2) is 45.6 Å². The van der Waals surface area contributed by atoms with E-state index in [-0.39, 0.29) is 46.0 Å². The number of carbonyl (C=O) groups excluding carboxylic acids is 1. The summed E-state index contributed by atoms with van der Waals surface area (Å²) in [5.74, 6) is -2.55. The van der Waals surface area contributed by atoms with Crippen LogP contribution in [-0.2, 0) is 30.7 Å². The molecule has 4 aromatic rings. The van der Waals surface area contributed by atoms with Crippen LogP contribution in [0.3, 0.4) is 0 Å². The van der Waals surface area contributed by atoms with Gasteiger partial charge in [-0.1, -0.05) is 12.1 Å². The number of fused-ring (bicyclic) bond motifs is 3. The fraction of sp³-hybridized carbons (Fsp3) is 0.280. The molecule has 1 aliphatic heterocycles. The molecule has 0 aliphatic carbocycles. The molecule has 0 saturated heterocycles. The number of esters is 1. The van der Waals surface area contributed by atoms with Crippen molar-refractivity contribution in [3.8, 4) is 11.3 Å². The van der Waals surface area contributed by atoms with E-state index in [9.17, 15) is 23.9 Å². The molecule has 5 rings (SSSR count). The lowest BCUT2D eigenvalue weighted by molar-refractivity contribution is 0.0525. The van der Waals surface area contributed by atoms with E-state index in [0.29, 0.717) is 37.3 Å². The Bertz CT molecular complexity index is 1510. The second kappa shape index (κ2) is 8.86. The molecule has 0 bridgehead atoms. The predicted molar refractivity (Wildman–Crippen MR) is 123 cm³/mol. The maximum absolute atomic E-state index is 13.4. The van der Waals surface area contributed by atoms with Crippen molar-refractivity contribution in [3.63, 3.8) is 0 Å². The molecule has 1 N–H and O–H groups in total. The van der Waals surface area contributed by atoms with Gasteiger partial charge in [0, 0.05) is 13.1 Å². The molecule has 0 fully saturated rings. The first-order valence-electron chi connectivity index (χ1n) is 11.3. The Kier molecular flexibility index (Phi) is 5.72. The largest absolute Gasteiger partial charge is 0.475 e. The van der Waals surface area contributed by atoms with Crippen molar-refractivity contribution in [2.75, 3.05) is 6.61 Å². The van der Waals surface area contributed by atoms with Crippen LogP contribution >= 0.6 is 0 Å². The van der Waals surface area contributed by atoms with E-state index in [1.54, 1.807) is 28.4 Å². The summed E-state index contributed by atoms with van der Waals surface area (Å²) in [6.07, 6.45) is 1.53. The van der Waals surface area contributed by atoms with Gasteiger partial charge in [0.1, 0.15) is 11.6 Å². The molecule has 4 heterocycles. The topological polar surface area (TPSA) is 117 Å². The van der Waals surface area contributed by atoms with Gasteiger partial charge in [0.15, 0.2) is 5.65 Å². The van der Waals surface area contributed by atoms with Crippen molar-refractivity contribution in [1.82, 2.24) is 14.3 Å². The normalized spacial score (nSPS) is 12.7. The van der Waals surface area contributed by atoms with Crippen molar-refractivity contribution in [3.05, 3.63) is 75.2 Å². The summed E-state index contributed by atoms with van der Waals surface area (Å²) < 4.78 is 27.6. The molecule has 3 aromatic heterocycles. The third kappa shape index (κ3) is 3.90. The van der Waals surface area contributed by atoms with Gasteiger partial charge in [-0.25, -0.2) is 23.6 Å². The fourth-order valence-corrected chi connectivity index (χ4v) is 4.53. The summed E-state index contributed by atoms with van der Waals surface area (Å²) in [5, 5.41) is 9.55. The molecule has 9 nitrogen and oxygen atoms in total. The highest BCUT2D eigenvalue weighted by Crippen LogP contribution is 2.35. The van der Waals surface area contributed by atoms with Gasteiger partial charge in [-0.05, 0) is 56.0 Å². The maximum atomic E-state index is 13.4. The molecule has 0 radical (unpaired) electrons. The second-order valence-electron chi connectivity index (χ2n) is 8.23. The summed E-state index contributed by atoms with van der Waals surface area (Å²) in [6, 6.07) is 8.74. The van der Waals surface area contributed by atoms with E-state index in [1.807, 2.05) is 0 Å². The van der Waals surface area contributed by atoms with Crippen molar-refractivity contribution >= 4 is 23.0 Å². The number of furan rings is 1. The number of benzene rings is 1. The van der Waals surface area contributed by atoms with Gasteiger partial charge in [0.25, 0.3) is 5.56 Å². The number of pyridine rings is 1. The van der Waals surface area contributed by atoms with E-state index in [0.717, 1.165) is 12.0 Å². The highest BCUT2D eigenvalue weighted by Gasteiger charge is 2.31. The van der Waals surface area contributed by atoms with Crippen molar-refractivity contribution in [2.45, 2.75) is 39.3 Å². The lowest BCUT2D eigenvalue weighted by atomic mass is 9.97. The number of halogens is 1. The van der Waals surface area contributed by atoms with Gasteiger partial charge in [-0.3, -0.25) is 9.48 Å². The first-order chi connectivity index (χ1) is 16.9. The van der Waals surface area contributed by atoms with Crippen LogP contribution in [0, 0.1) is 5.82 Å². The van der Waals surface area contributed by atoms with E-state index in [4.69, 9.17) is 14.1 Å². The Balaban J connectivity index is 1.76. The highest BCUT2D eigenvalue weighted by atomic mass is 19.1. The third-order valence-corrected chi connectivity index (χ3v) is 6.08. The molecule has 180 valence electrons. The van der Waals surface area contributed by atoms with Crippen LogP contribution < -0.4 is 5.56 Å². The minimum Gasteiger partial charge on any atom is -0.475 e. The van der Waals surface area contributed by atoms with Gasteiger partial charge in [0.2, 0.25) is 5.76 Å². The van der Waals surface area contributed by atoms with Crippen LogP contribution in [-0.4, -0.2) is 38.0 Å². The number of rotatable bonds is 7. The number of hydrogen-bond acceptors (Lipinski definition) is 6. The van der Waals surface area contributed by atoms with Gasteiger partial charge in [-0.15, -0.1) is 0 Å². The molecule has 0 saturated carbocycles. The summed E-state index contributed by atoms with van der Waals surface area (Å²) in [5.41, 5.74) is 1.54. The molecule has 0 unspecified atom stereocenters. The molecular weight excluding hydrogens is 457 g/mol. The number of nitrogens with zero attached hydrogens (tertiary/aromatic N) is 3. The smallest absolute Gasteiger partial charge is 0.371 e. The van der Waals surface area contributed by atoms with Crippen LogP contribution in [0.4, 0.5) is 4.39 Å². The molecular formula is C25H22FN3O6. The van der Waals surface area contributed by atoms with E-state index in [1.165, 1.54) is 24.3 Å². The minimum absolute atomic E-state index is 0.0646. The van der Waals surface area contributed by atoms with E-state index < -0.39 is 11.9 Å². The molecule has 0 amide bonds. The number of carboxylic acids is 1. The Labute approximate surface area is 198 Å². The number of aromatic nitrogens is 3. The molecule has 0 spiro atoms. The molecule has 10 heteroatoms. The third-order valence-electron chi connectivity index (χ3n) is 6.08. The van der Waals surface area contributed by atoms with E-state index >= 15 is 0 Å². The summed E-state index contributed by atoms with van der Waals surface area (Å²) in [6.45, 7) is 2.85. The van der Waals surface area contributed by atoms with E-state index in [2.05, 4.69) is 0 Å². The lowest BCUT2D eigenvalue weighted by Gasteiger charge is -2.14. The summed E-state index contributed by atoms with van der Waals surface area (Å²) >= 11 is 0. The molecule has 35 heavy (non-hydrogen) atoms. The maximum Gasteiger partial charge on any atom is 0.371 e. The average molecular weight is 479 g/mol. The zero-order valence-corrected chi connectivity index (χ0v) is 18.9. The average Bonchev–Trinajstić information content (AvgIpc) is 3.57. The standard InChI is InChI=1S/C25H22FN3O6/c1-2-34-25(33)19-16(9-6-14-4-7-15(26)8-5-14)27-22-21(23(30)29-13-3-12-28(22)29)20(19)17-10-11-18(35-17)24(31)32/h4-5,7-8,10-11H,2-3,6,9,12-13H2,1H3,(H,31,32). The Morgan fingerprint density at radius 2 is 1.86 bits per heavy atom. The Morgan fingerprint density at radius 1 is 1.11 bits per heavy atom. The van der Waals surface area contributed by atoms with Gasteiger partial charge < -0.3 is 14.3 Å². The number of hydrogen-bond donors (Lipinski definition) is 1. The molecule has 1 aromatic carbocycles. The van der Waals surface area contributed by atoms with Gasteiger partial charge >= 0.3 is 11.9 Å². The van der Waals surface area contributed by atoms with Crippen LogP contribution in [0.25, 0.3) is 22.4 Å². The second-order valence-corrected chi connectivity index (χ2v) is 8.23. The number of carboxylic acid groups (broad SMARTS) is 1. The predicted octanol–water partition coefficient (Wildman–Crippen LogP) is 3.66. The zero-order valence-electron chi connectivity index (χ0n) is 18.9. The van der Waals surface area contributed by atoms with Crippen LogP contribution in [0.1, 0.15) is 45.5 Å². The Hall–Kier alpha value is -4.21. The summed E-state index contributed by atoms with van der Waals surface area (Å²) in [7, 11) is 0. The van der Waals surface area contributed by atoms with Crippen molar-refractivity contribution in [2.24, 2.45) is 0 Å². The minimum atomic E-state index is -1.27. The fourth-order valence-electron chi connectivity index (χ4n) is 4.53. The number of carbonyl (C=O) groups is 2. The summed E-state index contributed by atoms with van der Waals surface area (Å²) in [4.78, 5) is 42.8. The first kappa shape index (κ1) is 22.6. The number of aryl methyl sites for hydroxylation is 3. The zero-order chi connectivity index (χ0) is 24.7. The lowest BCUT2D eigenvalue weighted by Crippen LogP contribution is -2.17. The van der Waals surface area contributed by atoms with Gasteiger partial charge in [0.05, 0.1) is 28.8 Å². The van der Waals surface area contributed by atoms with Gasteiger partial charge in [-0.2, -0.15) is 0 Å². The first-order valence-corrected chi connectivity index (χ1v) is 11.3. The number of ether oxygens (including phenoxy) is 1.